The Morgan fingerprint density at radius 2 is 2.33 bits per heavy atom. The van der Waals surface area contributed by atoms with Gasteiger partial charge in [0.25, 0.3) is 5.91 Å². The molecule has 0 atom stereocenters. The van der Waals surface area contributed by atoms with E-state index in [0.717, 1.165) is 11.3 Å². The highest BCUT2D eigenvalue weighted by molar-refractivity contribution is 6.00. The Morgan fingerprint density at radius 1 is 1.50 bits per heavy atom. The maximum absolute atomic E-state index is 11.7. The maximum atomic E-state index is 11.7. The molecule has 0 aromatic carbocycles. The number of hydrazone groups is 1. The Bertz CT molecular complexity index is 573. The van der Waals surface area contributed by atoms with E-state index >= 15 is 0 Å². The summed E-state index contributed by atoms with van der Waals surface area (Å²) in [4.78, 5) is 15.7. The van der Waals surface area contributed by atoms with E-state index in [4.69, 9.17) is 0 Å². The average molecular weight is 243 g/mol. The molecule has 1 amide bonds. The lowest BCUT2D eigenvalue weighted by Gasteiger charge is -2.00. The predicted molar refractivity (Wildman–Crippen MR) is 67.2 cm³/mol. The summed E-state index contributed by atoms with van der Waals surface area (Å²) in [7, 11) is 0. The van der Waals surface area contributed by atoms with Gasteiger partial charge >= 0.3 is 0 Å². The third kappa shape index (κ3) is 2.79. The molecule has 0 spiro atoms. The maximum Gasteiger partial charge on any atom is 0.291 e. The van der Waals surface area contributed by atoms with Gasteiger partial charge in [0, 0.05) is 23.7 Å². The molecule has 0 bridgehead atoms. The quantitative estimate of drug-likeness (QED) is 0.629. The second-order valence-electron chi connectivity index (χ2n) is 3.82. The Labute approximate surface area is 104 Å². The molecule has 2 rings (SSSR count). The summed E-state index contributed by atoms with van der Waals surface area (Å²) in [5.74, 6) is -0.345. The summed E-state index contributed by atoms with van der Waals surface area (Å²) in [5, 5.41) is 10.6. The second kappa shape index (κ2) is 5.22. The molecular formula is C12H13N5O. The van der Waals surface area contributed by atoms with Gasteiger partial charge in [-0.2, -0.15) is 10.2 Å². The number of nitrogens with one attached hydrogen (secondary N) is 2. The van der Waals surface area contributed by atoms with Gasteiger partial charge in [-0.15, -0.1) is 0 Å². The highest BCUT2D eigenvalue weighted by Gasteiger charge is 2.08. The first kappa shape index (κ1) is 12.0. The first-order chi connectivity index (χ1) is 8.66. The van der Waals surface area contributed by atoms with Gasteiger partial charge in [-0.05, 0) is 26.0 Å². The lowest BCUT2D eigenvalue weighted by Crippen LogP contribution is -2.19. The van der Waals surface area contributed by atoms with Gasteiger partial charge in [-0.3, -0.25) is 14.9 Å². The largest absolute Gasteiger partial charge is 0.291 e. The molecule has 0 aliphatic rings. The normalized spacial score (nSPS) is 11.3. The summed E-state index contributed by atoms with van der Waals surface area (Å²) in [6, 6.07) is 5.34. The summed E-state index contributed by atoms with van der Waals surface area (Å²) in [6.45, 7) is 3.63. The molecule has 6 heteroatoms. The van der Waals surface area contributed by atoms with E-state index in [0.29, 0.717) is 11.4 Å². The number of carbonyl (C=O) groups excluding carboxylic acids is 1. The molecule has 92 valence electrons. The van der Waals surface area contributed by atoms with Crippen molar-refractivity contribution in [2.45, 2.75) is 13.8 Å². The molecule has 18 heavy (non-hydrogen) atoms. The zero-order valence-corrected chi connectivity index (χ0v) is 10.1. The van der Waals surface area contributed by atoms with Crippen LogP contribution in [0.1, 0.15) is 28.7 Å². The molecule has 2 N–H and O–H groups in total. The smallest absolute Gasteiger partial charge is 0.282 e. The molecule has 2 aromatic rings. The van der Waals surface area contributed by atoms with Crippen molar-refractivity contribution < 1.29 is 4.79 Å². The molecule has 2 aromatic heterocycles. The molecule has 0 saturated heterocycles. The number of H-pyrrole nitrogens is 1. The monoisotopic (exact) mass is 243 g/mol. The summed E-state index contributed by atoms with van der Waals surface area (Å²) >= 11 is 0. The van der Waals surface area contributed by atoms with Gasteiger partial charge in [-0.1, -0.05) is 6.07 Å². The van der Waals surface area contributed by atoms with Crippen molar-refractivity contribution in [3.05, 3.63) is 47.5 Å². The number of carbonyl (C=O) groups is 1. The number of rotatable bonds is 3. The standard InChI is InChI=1S/C12H13N5O/c1-8-6-11(16-14-8)12(18)17-15-9(2)10-4-3-5-13-7-10/h3-7H,1-2H3,(H,14,16)(H,17,18)/b15-9+. The number of nitrogens with zero attached hydrogens (tertiary/aromatic N) is 3. The van der Waals surface area contributed by atoms with Gasteiger partial charge in [0.15, 0.2) is 5.69 Å². The van der Waals surface area contributed by atoms with E-state index in [2.05, 4.69) is 25.7 Å². The van der Waals surface area contributed by atoms with Crippen molar-refractivity contribution in [2.24, 2.45) is 5.10 Å². The van der Waals surface area contributed by atoms with Crippen molar-refractivity contribution >= 4 is 11.6 Å². The molecule has 0 aliphatic carbocycles. The molecule has 6 nitrogen and oxygen atoms in total. The number of hydrogen-bond acceptors (Lipinski definition) is 4. The lowest BCUT2D eigenvalue weighted by molar-refractivity contribution is 0.0950. The highest BCUT2D eigenvalue weighted by atomic mass is 16.2. The van der Waals surface area contributed by atoms with Crippen LogP contribution in [0.3, 0.4) is 0 Å². The average Bonchev–Trinajstić information content (AvgIpc) is 2.83. The Hall–Kier alpha value is -2.50. The number of aromatic nitrogens is 3. The topological polar surface area (TPSA) is 83.0 Å². The van der Waals surface area contributed by atoms with E-state index < -0.39 is 0 Å². The molecule has 0 aliphatic heterocycles. The highest BCUT2D eigenvalue weighted by Crippen LogP contribution is 1.99. The van der Waals surface area contributed by atoms with Crippen molar-refractivity contribution in [1.82, 2.24) is 20.6 Å². The summed E-state index contributed by atoms with van der Waals surface area (Å²) in [5.41, 5.74) is 5.13. The van der Waals surface area contributed by atoms with Crippen LogP contribution >= 0.6 is 0 Å². The fraction of sp³-hybridized carbons (Fsp3) is 0.167. The zero-order chi connectivity index (χ0) is 13.0. The second-order valence-corrected chi connectivity index (χ2v) is 3.82. The summed E-state index contributed by atoms with van der Waals surface area (Å²) in [6.07, 6.45) is 3.37. The number of amides is 1. The van der Waals surface area contributed by atoms with Crippen LogP contribution in [0.2, 0.25) is 0 Å². The van der Waals surface area contributed by atoms with E-state index in [1.807, 2.05) is 19.1 Å². The van der Waals surface area contributed by atoms with Crippen molar-refractivity contribution in [3.8, 4) is 0 Å². The minimum Gasteiger partial charge on any atom is -0.282 e. The predicted octanol–water partition coefficient (Wildman–Crippen LogP) is 1.27. The van der Waals surface area contributed by atoms with Crippen molar-refractivity contribution in [2.75, 3.05) is 0 Å². The SMILES string of the molecule is C/C(=N\NC(=O)c1cc(C)[nH]n1)c1cccnc1. The first-order valence-electron chi connectivity index (χ1n) is 5.44. The van der Waals surface area contributed by atoms with Gasteiger partial charge < -0.3 is 0 Å². The number of pyridine rings is 1. The Balaban J connectivity index is 2.05. The minimum atomic E-state index is -0.345. The third-order valence-electron chi connectivity index (χ3n) is 2.34. The Kier molecular flexibility index (Phi) is 3.47. The van der Waals surface area contributed by atoms with Crippen molar-refractivity contribution in [3.63, 3.8) is 0 Å². The van der Waals surface area contributed by atoms with Gasteiger partial charge in [0.05, 0.1) is 5.71 Å². The zero-order valence-electron chi connectivity index (χ0n) is 10.1. The van der Waals surface area contributed by atoms with Crippen molar-refractivity contribution in [1.29, 1.82) is 0 Å². The van der Waals surface area contributed by atoms with Gasteiger partial charge in [0.1, 0.15) is 0 Å². The Morgan fingerprint density at radius 3 is 2.94 bits per heavy atom. The van der Waals surface area contributed by atoms with Crippen LogP contribution in [-0.4, -0.2) is 26.8 Å². The molecule has 0 saturated carbocycles. The van der Waals surface area contributed by atoms with Crippen LogP contribution in [0.5, 0.6) is 0 Å². The molecule has 0 unspecified atom stereocenters. The molecular weight excluding hydrogens is 230 g/mol. The fourth-order valence-electron chi connectivity index (χ4n) is 1.37. The minimum absolute atomic E-state index is 0.315. The number of aryl methyl sites for hydroxylation is 1. The van der Waals surface area contributed by atoms with Crippen LogP contribution in [0.25, 0.3) is 0 Å². The molecule has 2 heterocycles. The number of aromatic amines is 1. The van der Waals surface area contributed by atoms with Crippen LogP contribution in [0, 0.1) is 6.92 Å². The lowest BCUT2D eigenvalue weighted by atomic mass is 10.2. The molecule has 0 radical (unpaired) electrons. The van der Waals surface area contributed by atoms with Crippen LogP contribution < -0.4 is 5.43 Å². The first-order valence-corrected chi connectivity index (χ1v) is 5.44. The fourth-order valence-corrected chi connectivity index (χ4v) is 1.37. The van der Waals surface area contributed by atoms with E-state index in [-0.39, 0.29) is 5.91 Å². The van der Waals surface area contributed by atoms with Crippen LogP contribution in [0.4, 0.5) is 0 Å². The van der Waals surface area contributed by atoms with E-state index in [9.17, 15) is 4.79 Å². The van der Waals surface area contributed by atoms with Crippen LogP contribution in [0.15, 0.2) is 35.7 Å². The van der Waals surface area contributed by atoms with E-state index in [1.54, 1.807) is 25.4 Å². The third-order valence-corrected chi connectivity index (χ3v) is 2.34. The molecule has 0 fully saturated rings. The number of hydrogen-bond donors (Lipinski definition) is 2. The van der Waals surface area contributed by atoms with Gasteiger partial charge in [0.2, 0.25) is 0 Å². The summed E-state index contributed by atoms with van der Waals surface area (Å²) < 4.78 is 0. The van der Waals surface area contributed by atoms with Crippen LogP contribution in [-0.2, 0) is 0 Å². The van der Waals surface area contributed by atoms with E-state index in [1.165, 1.54) is 0 Å². The van der Waals surface area contributed by atoms with Gasteiger partial charge in [-0.25, -0.2) is 5.43 Å².